The number of pyridine rings is 2. The molecule has 0 saturated heterocycles. The molecule has 0 N–H and O–H groups in total. The van der Waals surface area contributed by atoms with Crippen molar-refractivity contribution in [3.8, 4) is 51.0 Å². The minimum Gasteiger partial charge on any atom is -0.314 e. The molecule has 0 aliphatic heterocycles. The summed E-state index contributed by atoms with van der Waals surface area (Å²) < 4.78 is 6.60. The predicted molar refractivity (Wildman–Crippen MR) is 306 cm³/mol. The van der Waals surface area contributed by atoms with Gasteiger partial charge in [-0.3, -0.25) is 4.57 Å². The number of allylic oxidation sites excluding steroid dienone is 9. The van der Waals surface area contributed by atoms with Crippen molar-refractivity contribution in [3.05, 3.63) is 252 Å². The van der Waals surface area contributed by atoms with Crippen molar-refractivity contribution >= 4 is 44.3 Å². The molecule has 11 rings (SSSR count). The number of fused-ring (bicyclic) bond motifs is 6. The summed E-state index contributed by atoms with van der Waals surface area (Å²) >= 11 is 0. The van der Waals surface area contributed by atoms with Gasteiger partial charge >= 0.3 is 0 Å². The number of aromatic nitrogens is 6. The van der Waals surface area contributed by atoms with Crippen molar-refractivity contribution in [2.45, 2.75) is 41.0 Å². The van der Waals surface area contributed by atoms with E-state index in [0.717, 1.165) is 56.4 Å². The van der Waals surface area contributed by atoms with Crippen LogP contribution in [0, 0.1) is 13.8 Å². The molecule has 0 amide bonds. The first-order valence-corrected chi connectivity index (χ1v) is 25.3. The van der Waals surface area contributed by atoms with Crippen LogP contribution >= 0.6 is 0 Å². The summed E-state index contributed by atoms with van der Waals surface area (Å²) in [5, 5.41) is 2.30. The molecule has 0 fully saturated rings. The Balaban J connectivity index is 1.00. The average Bonchev–Trinajstić information content (AvgIpc) is 3.95. The molecule has 360 valence electrons. The van der Waals surface area contributed by atoms with Crippen LogP contribution < -0.4 is 14.0 Å². The zero-order valence-corrected chi connectivity index (χ0v) is 43.2. The van der Waals surface area contributed by atoms with Crippen molar-refractivity contribution in [1.29, 1.82) is 0 Å². The van der Waals surface area contributed by atoms with Gasteiger partial charge in [0.1, 0.15) is 14.1 Å². The lowest BCUT2D eigenvalue weighted by atomic mass is 9.97. The minimum absolute atomic E-state index is 0.571. The van der Waals surface area contributed by atoms with E-state index in [-0.39, 0.29) is 0 Å². The van der Waals surface area contributed by atoms with Crippen molar-refractivity contribution in [1.82, 2.24) is 19.5 Å². The monoisotopic (exact) mass is 961 g/mol. The van der Waals surface area contributed by atoms with Gasteiger partial charge in [-0.25, -0.2) is 14.1 Å². The zero-order chi connectivity index (χ0) is 51.0. The third-order valence-electron chi connectivity index (χ3n) is 14.6. The Morgan fingerprint density at radius 2 is 1.24 bits per heavy atom. The lowest BCUT2D eigenvalue weighted by molar-refractivity contribution is -0.660. The molecule has 0 saturated carbocycles. The van der Waals surface area contributed by atoms with Gasteiger partial charge in [-0.05, 0) is 152 Å². The smallest absolute Gasteiger partial charge is 0.238 e. The fourth-order valence-corrected chi connectivity index (χ4v) is 10.7. The summed E-state index contributed by atoms with van der Waals surface area (Å²) in [5.41, 5.74) is 21.9. The van der Waals surface area contributed by atoms with Crippen molar-refractivity contribution in [2.75, 3.05) is 4.90 Å². The largest absolute Gasteiger partial charge is 0.314 e. The molecule has 0 spiro atoms. The van der Waals surface area contributed by atoms with Crippen LogP contribution in [0.25, 0.3) is 83.9 Å². The molecule has 7 nitrogen and oxygen atoms in total. The van der Waals surface area contributed by atoms with Gasteiger partial charge in [-0.15, -0.1) is 0 Å². The highest BCUT2D eigenvalue weighted by molar-refractivity contribution is 6.11. The van der Waals surface area contributed by atoms with Gasteiger partial charge in [0.2, 0.25) is 17.3 Å². The van der Waals surface area contributed by atoms with Crippen LogP contribution in [0.15, 0.2) is 219 Å². The maximum absolute atomic E-state index is 5.18. The molecule has 1 aliphatic rings. The van der Waals surface area contributed by atoms with Gasteiger partial charge in [0.05, 0.1) is 22.2 Å². The topological polar surface area (TPSA) is 54.6 Å². The van der Waals surface area contributed by atoms with E-state index in [1.807, 2.05) is 55.5 Å². The summed E-state index contributed by atoms with van der Waals surface area (Å²) in [7, 11) is 4.23. The van der Waals surface area contributed by atoms with Crippen molar-refractivity contribution in [3.63, 3.8) is 0 Å². The van der Waals surface area contributed by atoms with Gasteiger partial charge in [-0.1, -0.05) is 110 Å². The summed E-state index contributed by atoms with van der Waals surface area (Å²) in [6, 6.07) is 56.6. The molecule has 0 bridgehead atoms. The van der Waals surface area contributed by atoms with E-state index in [0.29, 0.717) is 17.6 Å². The van der Waals surface area contributed by atoms with E-state index < -0.39 is 0 Å². The molecule has 10 aromatic rings. The second-order valence-electron chi connectivity index (χ2n) is 19.2. The molecule has 7 heteroatoms. The second kappa shape index (κ2) is 19.9. The van der Waals surface area contributed by atoms with E-state index in [2.05, 4.69) is 219 Å². The van der Waals surface area contributed by atoms with Gasteiger partial charge in [0, 0.05) is 63.2 Å². The molecule has 4 aromatic heterocycles. The molecule has 4 heterocycles. The van der Waals surface area contributed by atoms with Gasteiger partial charge in [-0.2, -0.15) is 9.97 Å². The number of hydrogen-bond donors (Lipinski definition) is 0. The van der Waals surface area contributed by atoms with E-state index in [1.54, 1.807) is 6.08 Å². The van der Waals surface area contributed by atoms with Crippen LogP contribution in [0.5, 0.6) is 0 Å². The third kappa shape index (κ3) is 8.56. The number of benzene rings is 6. The fraction of sp³-hybridized carbons (Fsp3) is 0.119. The molecule has 6 aromatic carbocycles. The molecule has 0 unspecified atom stereocenters. The van der Waals surface area contributed by atoms with Crippen molar-refractivity contribution in [2.24, 2.45) is 14.1 Å². The normalized spacial score (nSPS) is 12.7. The Bertz CT molecular complexity index is 3880. The van der Waals surface area contributed by atoms with E-state index in [1.165, 1.54) is 67.0 Å². The minimum atomic E-state index is 0.571. The van der Waals surface area contributed by atoms with Crippen LogP contribution in [-0.4, -0.2) is 19.5 Å². The Morgan fingerprint density at radius 3 is 1.91 bits per heavy atom. The van der Waals surface area contributed by atoms with Crippen LogP contribution in [0.1, 0.15) is 54.4 Å². The Kier molecular flexibility index (Phi) is 12.7. The maximum Gasteiger partial charge on any atom is 0.238 e. The number of nitrogens with zero attached hydrogens (tertiary/aromatic N) is 7. The Morgan fingerprint density at radius 1 is 0.595 bits per heavy atom. The standard InChI is InChI=1S/C67H59N7/c1-9-22-48(23-10-2)65-68-66(49-24-12-11-13-25-49)70-67(69-65)74-63-31-15-14-26-55(63)58-43-57-52(42-64(58)74)40-51-37-36-50(41-56(51)57)44(3)34-35-45(4)73(59-32-20-27-53(46(59)5)61-29-16-18-38-71(61)7)60-33-21-28-54(47(60)6)62-30-17-19-39-72(62)8/h9-39,41-43H,1,40H2,2-8H3/q+2/b23-10-,44-34+,45-35+,48-22+. The molecule has 1 aliphatic carbocycles. The first-order valence-electron chi connectivity index (χ1n) is 25.3. The maximum atomic E-state index is 5.18. The first-order chi connectivity index (χ1) is 36.1. The average molecular weight is 962 g/mol. The molecule has 0 radical (unpaired) electrons. The van der Waals surface area contributed by atoms with Crippen LogP contribution in [0.2, 0.25) is 0 Å². The lowest BCUT2D eigenvalue weighted by Gasteiger charge is -2.30. The quantitative estimate of drug-likeness (QED) is 0.0904. The van der Waals surface area contributed by atoms with Crippen LogP contribution in [0.4, 0.5) is 11.4 Å². The van der Waals surface area contributed by atoms with Gasteiger partial charge < -0.3 is 4.90 Å². The number of rotatable bonds is 12. The Hall–Kier alpha value is -9.07. The molecular weight excluding hydrogens is 903 g/mol. The number of anilines is 2. The summed E-state index contributed by atoms with van der Waals surface area (Å²) in [5.74, 6) is 1.77. The summed E-state index contributed by atoms with van der Waals surface area (Å²) in [4.78, 5) is 17.8. The highest BCUT2D eigenvalue weighted by Crippen LogP contribution is 2.44. The highest BCUT2D eigenvalue weighted by atomic mass is 15.2. The zero-order valence-electron chi connectivity index (χ0n) is 43.2. The Labute approximate surface area is 434 Å². The van der Waals surface area contributed by atoms with Crippen LogP contribution in [0.3, 0.4) is 0 Å². The second-order valence-corrected chi connectivity index (χ2v) is 19.2. The molecule has 0 atom stereocenters. The SMILES string of the molecule is C=C/C=C(\C=C/C)c1nc(-c2ccccc2)nc(-n2c3ccccc3c3cc4c(cc32)Cc2ccc(/C(C)=C/C=C(\C)N(c3cccc(-c5cccc[n+]5C)c3C)c3cccc(-c5cccc[n+]5C)c3C)cc2-4)n1. The predicted octanol–water partition coefficient (Wildman–Crippen LogP) is 15.1. The molecular formula is C67H59N7+2. The van der Waals surface area contributed by atoms with E-state index in [4.69, 9.17) is 15.0 Å². The molecule has 74 heavy (non-hydrogen) atoms. The van der Waals surface area contributed by atoms with Gasteiger partial charge in [0.15, 0.2) is 24.0 Å². The lowest BCUT2D eigenvalue weighted by Crippen LogP contribution is -2.30. The number of aryl methyl sites for hydroxylation is 2. The van der Waals surface area contributed by atoms with Crippen LogP contribution in [-0.2, 0) is 20.5 Å². The summed E-state index contributed by atoms with van der Waals surface area (Å²) in [6.45, 7) is 14.9. The number of para-hydroxylation sites is 1. The van der Waals surface area contributed by atoms with Gasteiger partial charge in [0.25, 0.3) is 0 Å². The van der Waals surface area contributed by atoms with Crippen molar-refractivity contribution < 1.29 is 9.13 Å². The highest BCUT2D eigenvalue weighted by Gasteiger charge is 2.26. The number of hydrogen-bond acceptors (Lipinski definition) is 4. The third-order valence-corrected chi connectivity index (χ3v) is 14.6. The fourth-order valence-electron chi connectivity index (χ4n) is 10.7. The first kappa shape index (κ1) is 47.3. The van der Waals surface area contributed by atoms with E-state index >= 15 is 0 Å². The van der Waals surface area contributed by atoms with E-state index in [9.17, 15) is 0 Å². The summed E-state index contributed by atoms with van der Waals surface area (Å²) in [6.07, 6.45) is 17.4.